The molecule has 0 amide bonds. The first-order valence-corrected chi connectivity index (χ1v) is 5.73. The molecule has 0 spiro atoms. The van der Waals surface area contributed by atoms with Crippen LogP contribution in [0.15, 0.2) is 29.3 Å². The van der Waals surface area contributed by atoms with E-state index in [1.807, 2.05) is 24.3 Å². The van der Waals surface area contributed by atoms with E-state index in [1.165, 1.54) is 12.8 Å². The second kappa shape index (κ2) is 5.54. The molecule has 1 aliphatic carbocycles. The molecule has 1 fully saturated rings. The predicted octanol–water partition coefficient (Wildman–Crippen LogP) is 0.766. The maximum Gasteiger partial charge on any atom is 0.206 e. The Bertz CT molecular complexity index is 401. The molecule has 0 heterocycles. The molecule has 17 heavy (non-hydrogen) atoms. The van der Waals surface area contributed by atoms with Gasteiger partial charge >= 0.3 is 0 Å². The summed E-state index contributed by atoms with van der Waals surface area (Å²) in [4.78, 5) is 4.39. The van der Waals surface area contributed by atoms with Crippen molar-refractivity contribution in [3.05, 3.63) is 29.8 Å². The smallest absolute Gasteiger partial charge is 0.206 e. The van der Waals surface area contributed by atoms with Crippen LogP contribution in [0.2, 0.25) is 0 Å². The van der Waals surface area contributed by atoms with Crippen LogP contribution in [0.25, 0.3) is 0 Å². The average molecular weight is 234 g/mol. The van der Waals surface area contributed by atoms with Crippen LogP contribution in [0, 0.1) is 0 Å². The molecule has 0 radical (unpaired) electrons. The van der Waals surface area contributed by atoms with E-state index in [1.54, 1.807) is 7.11 Å². The van der Waals surface area contributed by atoms with E-state index >= 15 is 0 Å². The summed E-state index contributed by atoms with van der Waals surface area (Å²) in [6.45, 7) is 0.545. The summed E-state index contributed by atoms with van der Waals surface area (Å²) in [5, 5.41) is 3.22. The minimum Gasteiger partial charge on any atom is -0.496 e. The van der Waals surface area contributed by atoms with Gasteiger partial charge in [0.2, 0.25) is 5.96 Å². The first-order valence-electron chi connectivity index (χ1n) is 5.73. The van der Waals surface area contributed by atoms with Gasteiger partial charge in [-0.3, -0.25) is 5.43 Å². The Kier molecular flexibility index (Phi) is 3.82. The van der Waals surface area contributed by atoms with E-state index in [2.05, 4.69) is 15.7 Å². The highest BCUT2D eigenvalue weighted by molar-refractivity contribution is 5.79. The van der Waals surface area contributed by atoms with Crippen LogP contribution in [0.1, 0.15) is 18.4 Å². The number of ether oxygens (including phenoxy) is 1. The van der Waals surface area contributed by atoms with Crippen molar-refractivity contribution >= 4 is 5.96 Å². The van der Waals surface area contributed by atoms with Crippen LogP contribution < -0.4 is 21.3 Å². The Morgan fingerprint density at radius 3 is 2.88 bits per heavy atom. The van der Waals surface area contributed by atoms with Gasteiger partial charge in [-0.05, 0) is 18.9 Å². The number of hydrogen-bond acceptors (Lipinski definition) is 3. The molecule has 0 aliphatic heterocycles. The Labute approximate surface area is 101 Å². The average Bonchev–Trinajstić information content (AvgIpc) is 3.18. The van der Waals surface area contributed by atoms with Gasteiger partial charge in [-0.2, -0.15) is 0 Å². The number of guanidine groups is 1. The SMILES string of the molecule is COc1ccccc1CN=C(NN)NC1CC1. The molecule has 92 valence electrons. The zero-order valence-electron chi connectivity index (χ0n) is 9.94. The Balaban J connectivity index is 2.00. The first kappa shape index (κ1) is 11.7. The summed E-state index contributed by atoms with van der Waals surface area (Å²) in [5.74, 6) is 6.89. The second-order valence-corrected chi connectivity index (χ2v) is 4.04. The van der Waals surface area contributed by atoms with Crippen molar-refractivity contribution in [2.45, 2.75) is 25.4 Å². The van der Waals surface area contributed by atoms with Crippen molar-refractivity contribution in [1.82, 2.24) is 10.7 Å². The van der Waals surface area contributed by atoms with Crippen LogP contribution in [-0.2, 0) is 6.54 Å². The predicted molar refractivity (Wildman–Crippen MR) is 67.6 cm³/mol. The third-order valence-corrected chi connectivity index (χ3v) is 2.65. The molecule has 2 rings (SSSR count). The van der Waals surface area contributed by atoms with Crippen LogP contribution in [0.4, 0.5) is 0 Å². The molecule has 0 saturated heterocycles. The summed E-state index contributed by atoms with van der Waals surface area (Å²) in [5.41, 5.74) is 3.62. The minimum atomic E-state index is 0.530. The molecule has 5 nitrogen and oxygen atoms in total. The van der Waals surface area contributed by atoms with Crippen molar-refractivity contribution in [3.63, 3.8) is 0 Å². The summed E-state index contributed by atoms with van der Waals surface area (Å²) < 4.78 is 5.26. The second-order valence-electron chi connectivity index (χ2n) is 4.04. The summed E-state index contributed by atoms with van der Waals surface area (Å²) in [6, 6.07) is 8.36. The van der Waals surface area contributed by atoms with Crippen molar-refractivity contribution < 1.29 is 4.74 Å². The quantitative estimate of drug-likeness (QED) is 0.311. The molecular formula is C12H18N4O. The molecule has 0 unspecified atom stereocenters. The van der Waals surface area contributed by atoms with E-state index in [0.29, 0.717) is 18.5 Å². The topological polar surface area (TPSA) is 71.7 Å². The fourth-order valence-corrected chi connectivity index (χ4v) is 1.55. The Morgan fingerprint density at radius 2 is 2.24 bits per heavy atom. The lowest BCUT2D eigenvalue weighted by molar-refractivity contribution is 0.410. The lowest BCUT2D eigenvalue weighted by atomic mass is 10.2. The summed E-state index contributed by atoms with van der Waals surface area (Å²) >= 11 is 0. The van der Waals surface area contributed by atoms with Gasteiger partial charge in [0.05, 0.1) is 13.7 Å². The van der Waals surface area contributed by atoms with Crippen LogP contribution in [-0.4, -0.2) is 19.1 Å². The standard InChI is InChI=1S/C12H18N4O/c1-17-11-5-3-2-4-9(11)8-14-12(16-13)15-10-6-7-10/h2-5,10H,6-8,13H2,1H3,(H2,14,15,16). The number of benzene rings is 1. The van der Waals surface area contributed by atoms with Gasteiger partial charge in [0.1, 0.15) is 5.75 Å². The van der Waals surface area contributed by atoms with Gasteiger partial charge in [0.15, 0.2) is 0 Å². The number of nitrogens with zero attached hydrogens (tertiary/aromatic N) is 1. The molecule has 1 aromatic carbocycles. The van der Waals surface area contributed by atoms with E-state index in [9.17, 15) is 0 Å². The number of hydrogen-bond donors (Lipinski definition) is 3. The van der Waals surface area contributed by atoms with Crippen molar-refractivity contribution in [2.75, 3.05) is 7.11 Å². The number of para-hydroxylation sites is 1. The van der Waals surface area contributed by atoms with Gasteiger partial charge in [-0.1, -0.05) is 18.2 Å². The number of nitrogens with one attached hydrogen (secondary N) is 2. The van der Waals surface area contributed by atoms with Crippen LogP contribution in [0.3, 0.4) is 0 Å². The highest BCUT2D eigenvalue weighted by Crippen LogP contribution is 2.19. The number of nitrogens with two attached hydrogens (primary N) is 1. The molecular weight excluding hydrogens is 216 g/mol. The van der Waals surface area contributed by atoms with Crippen LogP contribution >= 0.6 is 0 Å². The highest BCUT2D eigenvalue weighted by atomic mass is 16.5. The molecule has 1 aliphatic rings. The first-order chi connectivity index (χ1) is 8.33. The monoisotopic (exact) mass is 234 g/mol. The Hall–Kier alpha value is -1.75. The molecule has 0 atom stereocenters. The molecule has 1 aromatic rings. The van der Waals surface area contributed by atoms with Gasteiger partial charge < -0.3 is 10.1 Å². The fraction of sp³-hybridized carbons (Fsp3) is 0.417. The van der Waals surface area contributed by atoms with E-state index in [0.717, 1.165) is 11.3 Å². The largest absolute Gasteiger partial charge is 0.496 e. The zero-order chi connectivity index (χ0) is 12.1. The third kappa shape index (κ3) is 3.35. The summed E-state index contributed by atoms with van der Waals surface area (Å²) in [6.07, 6.45) is 2.38. The number of rotatable bonds is 4. The molecule has 0 aromatic heterocycles. The molecule has 0 bridgehead atoms. The zero-order valence-corrected chi connectivity index (χ0v) is 9.94. The van der Waals surface area contributed by atoms with E-state index in [4.69, 9.17) is 10.6 Å². The van der Waals surface area contributed by atoms with E-state index < -0.39 is 0 Å². The number of hydrazine groups is 1. The van der Waals surface area contributed by atoms with Crippen molar-refractivity contribution in [1.29, 1.82) is 0 Å². The van der Waals surface area contributed by atoms with Crippen LogP contribution in [0.5, 0.6) is 5.75 Å². The minimum absolute atomic E-state index is 0.530. The van der Waals surface area contributed by atoms with Gasteiger partial charge in [0, 0.05) is 11.6 Å². The summed E-state index contributed by atoms with van der Waals surface area (Å²) in [7, 11) is 1.66. The normalized spacial score (nSPS) is 15.5. The maximum atomic E-state index is 5.41. The van der Waals surface area contributed by atoms with Gasteiger partial charge in [-0.25, -0.2) is 10.8 Å². The molecule has 5 heteroatoms. The molecule has 1 saturated carbocycles. The molecule has 4 N–H and O–H groups in total. The third-order valence-electron chi connectivity index (χ3n) is 2.65. The fourth-order valence-electron chi connectivity index (χ4n) is 1.55. The maximum absolute atomic E-state index is 5.41. The van der Waals surface area contributed by atoms with Crippen molar-refractivity contribution in [2.24, 2.45) is 10.8 Å². The van der Waals surface area contributed by atoms with Gasteiger partial charge in [-0.15, -0.1) is 0 Å². The van der Waals surface area contributed by atoms with Gasteiger partial charge in [0.25, 0.3) is 0 Å². The van der Waals surface area contributed by atoms with E-state index in [-0.39, 0.29) is 0 Å². The van der Waals surface area contributed by atoms with Crippen molar-refractivity contribution in [3.8, 4) is 5.75 Å². The Morgan fingerprint density at radius 1 is 1.47 bits per heavy atom. The number of methoxy groups -OCH3 is 1. The lowest BCUT2D eigenvalue weighted by Gasteiger charge is -2.09. The highest BCUT2D eigenvalue weighted by Gasteiger charge is 2.21. The number of aliphatic imine (C=N–C) groups is 1. The lowest BCUT2D eigenvalue weighted by Crippen LogP contribution is -2.42.